The molecule has 0 bridgehead atoms. The minimum absolute atomic E-state index is 0.368. The van der Waals surface area contributed by atoms with Crippen LogP contribution >= 0.6 is 23.2 Å². The van der Waals surface area contributed by atoms with E-state index in [1.165, 1.54) is 0 Å². The van der Waals surface area contributed by atoms with Crippen molar-refractivity contribution in [3.8, 4) is 0 Å². The van der Waals surface area contributed by atoms with E-state index < -0.39 is 11.7 Å². The fourth-order valence-corrected chi connectivity index (χ4v) is 2.74. The maximum Gasteiger partial charge on any atom is 0.408 e. The van der Waals surface area contributed by atoms with Crippen LogP contribution in [0.1, 0.15) is 53.0 Å². The Morgan fingerprint density at radius 2 is 1.79 bits per heavy atom. The van der Waals surface area contributed by atoms with Gasteiger partial charge in [-0.2, -0.15) is 0 Å². The van der Waals surface area contributed by atoms with E-state index >= 15 is 0 Å². The lowest BCUT2D eigenvalue weighted by Crippen LogP contribution is -2.55. The average molecular weight is 375 g/mol. The van der Waals surface area contributed by atoms with Crippen molar-refractivity contribution in [3.05, 3.63) is 33.8 Å². The Morgan fingerprint density at radius 1 is 1.17 bits per heavy atom. The van der Waals surface area contributed by atoms with Gasteiger partial charge in [-0.3, -0.25) is 0 Å². The number of carbonyl (C=O) groups is 1. The third kappa shape index (κ3) is 6.88. The molecule has 2 N–H and O–H groups in total. The lowest BCUT2D eigenvalue weighted by atomic mass is 9.92. The minimum atomic E-state index is -0.515. The number of hydrogen-bond donors (Lipinski definition) is 2. The lowest BCUT2D eigenvalue weighted by molar-refractivity contribution is 0.0446. The maximum atomic E-state index is 12.1. The molecular formula is C18H28Cl2N2O2. The highest BCUT2D eigenvalue weighted by Gasteiger charge is 2.30. The Balaban J connectivity index is 2.68. The normalized spacial score (nSPS) is 12.1. The lowest BCUT2D eigenvalue weighted by Gasteiger charge is -2.34. The van der Waals surface area contributed by atoms with Crippen LogP contribution < -0.4 is 10.6 Å². The summed E-state index contributed by atoms with van der Waals surface area (Å²) in [4.78, 5) is 12.1. The summed E-state index contributed by atoms with van der Waals surface area (Å²) < 4.78 is 5.38. The van der Waals surface area contributed by atoms with Crippen LogP contribution in [0, 0.1) is 0 Å². The van der Waals surface area contributed by atoms with Crippen LogP contribution in [0.25, 0.3) is 0 Å². The molecule has 0 saturated carbocycles. The molecule has 0 aliphatic heterocycles. The monoisotopic (exact) mass is 374 g/mol. The molecule has 6 heteroatoms. The highest BCUT2D eigenvalue weighted by Crippen LogP contribution is 2.21. The molecule has 0 spiro atoms. The van der Waals surface area contributed by atoms with Gasteiger partial charge in [0.2, 0.25) is 0 Å². The van der Waals surface area contributed by atoms with Crippen molar-refractivity contribution in [2.45, 2.75) is 65.1 Å². The molecule has 0 unspecified atom stereocenters. The van der Waals surface area contributed by atoms with Gasteiger partial charge in [-0.1, -0.05) is 37.0 Å². The van der Waals surface area contributed by atoms with Crippen molar-refractivity contribution in [2.24, 2.45) is 0 Å². The summed E-state index contributed by atoms with van der Waals surface area (Å²) in [7, 11) is 0. The summed E-state index contributed by atoms with van der Waals surface area (Å²) in [6, 6.07) is 5.39. The van der Waals surface area contributed by atoms with Crippen LogP contribution in [0.15, 0.2) is 18.2 Å². The number of ether oxygens (including phenoxy) is 1. The van der Waals surface area contributed by atoms with Crippen LogP contribution in [-0.4, -0.2) is 23.8 Å². The molecular weight excluding hydrogens is 347 g/mol. The first kappa shape index (κ1) is 21.1. The van der Waals surface area contributed by atoms with Crippen LogP contribution in [-0.2, 0) is 11.3 Å². The van der Waals surface area contributed by atoms with Crippen LogP contribution in [0.2, 0.25) is 10.0 Å². The van der Waals surface area contributed by atoms with Crippen molar-refractivity contribution in [1.82, 2.24) is 10.6 Å². The molecule has 1 amide bonds. The van der Waals surface area contributed by atoms with E-state index in [2.05, 4.69) is 24.5 Å². The summed E-state index contributed by atoms with van der Waals surface area (Å²) in [5.41, 5.74) is 0.0504. The van der Waals surface area contributed by atoms with Gasteiger partial charge in [0, 0.05) is 23.1 Å². The van der Waals surface area contributed by atoms with Gasteiger partial charge in [0.25, 0.3) is 0 Å². The van der Waals surface area contributed by atoms with Gasteiger partial charge >= 0.3 is 6.09 Å². The largest absolute Gasteiger partial charge is 0.444 e. The number of nitrogens with one attached hydrogen (secondary N) is 2. The first-order chi connectivity index (χ1) is 11.1. The van der Waals surface area contributed by atoms with Gasteiger partial charge in [-0.15, -0.1) is 0 Å². The summed E-state index contributed by atoms with van der Waals surface area (Å²) in [6.07, 6.45) is 1.19. The topological polar surface area (TPSA) is 50.4 Å². The average Bonchev–Trinajstić information content (AvgIpc) is 2.47. The SMILES string of the molecule is CCC(CC)(CNCc1cc(Cl)ccc1Cl)NC(=O)OC(C)(C)C. The number of amides is 1. The van der Waals surface area contributed by atoms with E-state index in [9.17, 15) is 4.79 Å². The van der Waals surface area contributed by atoms with E-state index in [1.54, 1.807) is 12.1 Å². The van der Waals surface area contributed by atoms with E-state index in [1.807, 2.05) is 26.8 Å². The molecule has 0 radical (unpaired) electrons. The van der Waals surface area contributed by atoms with Gasteiger partial charge in [-0.25, -0.2) is 4.79 Å². The standard InChI is InChI=1S/C18H28Cl2N2O2/c1-6-18(7-2,22-16(23)24-17(3,4)5)12-21-11-13-10-14(19)8-9-15(13)20/h8-10,21H,6-7,11-12H2,1-5H3,(H,22,23). The van der Waals surface area contributed by atoms with Gasteiger partial charge in [0.05, 0.1) is 5.54 Å². The number of halogens is 2. The molecule has 0 heterocycles. The minimum Gasteiger partial charge on any atom is -0.444 e. The zero-order valence-corrected chi connectivity index (χ0v) is 16.6. The first-order valence-electron chi connectivity index (χ1n) is 8.26. The van der Waals surface area contributed by atoms with Gasteiger partial charge in [-0.05, 0) is 57.4 Å². The Bertz CT molecular complexity index is 552. The smallest absolute Gasteiger partial charge is 0.408 e. The van der Waals surface area contributed by atoms with Crippen molar-refractivity contribution >= 4 is 29.3 Å². The van der Waals surface area contributed by atoms with Crippen molar-refractivity contribution in [1.29, 1.82) is 0 Å². The maximum absolute atomic E-state index is 12.1. The van der Waals surface area contributed by atoms with Crippen LogP contribution in [0.3, 0.4) is 0 Å². The number of rotatable bonds is 7. The Hall–Kier alpha value is -0.970. The summed E-state index contributed by atoms with van der Waals surface area (Å²) in [6.45, 7) is 10.9. The first-order valence-corrected chi connectivity index (χ1v) is 9.02. The van der Waals surface area contributed by atoms with Crippen molar-refractivity contribution in [2.75, 3.05) is 6.54 Å². The molecule has 1 aromatic carbocycles. The van der Waals surface area contributed by atoms with Crippen LogP contribution in [0.4, 0.5) is 4.79 Å². The predicted molar refractivity (Wildman–Crippen MR) is 101 cm³/mol. The number of alkyl carbamates (subject to hydrolysis) is 1. The van der Waals surface area contributed by atoms with E-state index in [0.29, 0.717) is 23.1 Å². The van der Waals surface area contributed by atoms with Gasteiger partial charge in [0.15, 0.2) is 0 Å². The van der Waals surface area contributed by atoms with E-state index in [4.69, 9.17) is 27.9 Å². The van der Waals surface area contributed by atoms with E-state index in [-0.39, 0.29) is 5.54 Å². The highest BCUT2D eigenvalue weighted by molar-refractivity contribution is 6.33. The second-order valence-corrected chi connectivity index (χ2v) is 7.80. The van der Waals surface area contributed by atoms with Gasteiger partial charge < -0.3 is 15.4 Å². The fourth-order valence-electron chi connectivity index (χ4n) is 2.36. The Labute approximate surface area is 155 Å². The zero-order chi connectivity index (χ0) is 18.4. The molecule has 0 atom stereocenters. The zero-order valence-electron chi connectivity index (χ0n) is 15.1. The Kier molecular flexibility index (Phi) is 7.84. The highest BCUT2D eigenvalue weighted by atomic mass is 35.5. The molecule has 1 aromatic rings. The predicted octanol–water partition coefficient (Wildman–Crippen LogP) is 5.17. The number of carbonyl (C=O) groups excluding carboxylic acids is 1. The van der Waals surface area contributed by atoms with Gasteiger partial charge in [0.1, 0.15) is 5.60 Å². The number of hydrogen-bond acceptors (Lipinski definition) is 3. The fraction of sp³-hybridized carbons (Fsp3) is 0.611. The second-order valence-electron chi connectivity index (χ2n) is 6.95. The molecule has 0 aliphatic carbocycles. The molecule has 0 aromatic heterocycles. The molecule has 0 saturated heterocycles. The molecule has 0 fully saturated rings. The second kappa shape index (κ2) is 8.93. The molecule has 136 valence electrons. The Morgan fingerprint density at radius 3 is 2.33 bits per heavy atom. The van der Waals surface area contributed by atoms with Crippen molar-refractivity contribution < 1.29 is 9.53 Å². The van der Waals surface area contributed by atoms with E-state index in [0.717, 1.165) is 18.4 Å². The van der Waals surface area contributed by atoms with Crippen LogP contribution in [0.5, 0.6) is 0 Å². The van der Waals surface area contributed by atoms with Crippen molar-refractivity contribution in [3.63, 3.8) is 0 Å². The molecule has 0 aliphatic rings. The summed E-state index contributed by atoms with van der Waals surface area (Å²) in [5, 5.41) is 7.71. The third-order valence-electron chi connectivity index (χ3n) is 3.91. The third-order valence-corrected chi connectivity index (χ3v) is 4.51. The summed E-state index contributed by atoms with van der Waals surface area (Å²) in [5.74, 6) is 0. The molecule has 1 rings (SSSR count). The summed E-state index contributed by atoms with van der Waals surface area (Å²) >= 11 is 12.2. The molecule has 4 nitrogen and oxygen atoms in total. The quantitative estimate of drug-likeness (QED) is 0.692. The number of benzene rings is 1. The molecule has 24 heavy (non-hydrogen) atoms.